The van der Waals surface area contributed by atoms with E-state index in [0.29, 0.717) is 10.7 Å². The lowest BCUT2D eigenvalue weighted by Crippen LogP contribution is -2.11. The van der Waals surface area contributed by atoms with Gasteiger partial charge in [-0.2, -0.15) is 0 Å². The summed E-state index contributed by atoms with van der Waals surface area (Å²) < 4.78 is 0.902. The van der Waals surface area contributed by atoms with Crippen LogP contribution in [0, 0.1) is 20.8 Å². The second kappa shape index (κ2) is 5.20. The quantitative estimate of drug-likeness (QED) is 0.904. The molecule has 1 amide bonds. The predicted molar refractivity (Wildman–Crippen MR) is 78.4 cm³/mol. The van der Waals surface area contributed by atoms with Gasteiger partial charge in [0.1, 0.15) is 0 Å². The van der Waals surface area contributed by atoms with Crippen LogP contribution >= 0.6 is 27.3 Å². The fourth-order valence-electron chi connectivity index (χ4n) is 1.56. The molecule has 0 aliphatic heterocycles. The molecule has 5 heteroatoms. The minimum atomic E-state index is -0.131. The average Bonchev–Trinajstić information content (AvgIpc) is 2.56. The second-order valence-electron chi connectivity index (χ2n) is 4.13. The number of carbonyl (C=O) groups excluding carboxylic acids is 1. The first-order chi connectivity index (χ1) is 8.45. The van der Waals surface area contributed by atoms with E-state index in [1.165, 1.54) is 11.3 Å². The van der Waals surface area contributed by atoms with Gasteiger partial charge in [-0.15, -0.1) is 11.3 Å². The van der Waals surface area contributed by atoms with Gasteiger partial charge >= 0.3 is 0 Å². The van der Waals surface area contributed by atoms with E-state index in [-0.39, 0.29) is 5.91 Å². The zero-order valence-electron chi connectivity index (χ0n) is 10.4. The van der Waals surface area contributed by atoms with Crippen LogP contribution in [0.2, 0.25) is 0 Å². The highest BCUT2D eigenvalue weighted by Crippen LogP contribution is 2.22. The molecule has 0 saturated carbocycles. The van der Waals surface area contributed by atoms with Crippen molar-refractivity contribution in [2.45, 2.75) is 20.8 Å². The molecular formula is C13H13BrN2OS. The van der Waals surface area contributed by atoms with Gasteiger partial charge in [0.2, 0.25) is 0 Å². The highest BCUT2D eigenvalue weighted by Gasteiger charge is 2.10. The van der Waals surface area contributed by atoms with Crippen molar-refractivity contribution < 1.29 is 4.79 Å². The maximum absolute atomic E-state index is 12.1. The zero-order valence-corrected chi connectivity index (χ0v) is 12.8. The summed E-state index contributed by atoms with van der Waals surface area (Å²) >= 11 is 4.88. The highest BCUT2D eigenvalue weighted by molar-refractivity contribution is 9.10. The van der Waals surface area contributed by atoms with Crippen molar-refractivity contribution >= 4 is 38.3 Å². The number of amides is 1. The molecule has 18 heavy (non-hydrogen) atoms. The number of hydrogen-bond acceptors (Lipinski definition) is 3. The minimum absolute atomic E-state index is 0.131. The summed E-state index contributed by atoms with van der Waals surface area (Å²) in [6, 6.07) is 5.62. The third-order valence-corrected chi connectivity index (χ3v) is 4.00. The van der Waals surface area contributed by atoms with Gasteiger partial charge in [-0.1, -0.05) is 15.9 Å². The molecule has 1 heterocycles. The third-order valence-electron chi connectivity index (χ3n) is 2.55. The first-order valence-electron chi connectivity index (χ1n) is 5.48. The molecule has 0 aliphatic carbocycles. The minimum Gasteiger partial charge on any atom is -0.298 e. The van der Waals surface area contributed by atoms with E-state index in [9.17, 15) is 4.79 Å². The first kappa shape index (κ1) is 13.2. The average molecular weight is 325 g/mol. The van der Waals surface area contributed by atoms with Crippen LogP contribution in [0.25, 0.3) is 0 Å². The number of rotatable bonds is 2. The van der Waals surface area contributed by atoms with E-state index < -0.39 is 0 Å². The number of aromatic nitrogens is 1. The van der Waals surface area contributed by atoms with Crippen molar-refractivity contribution in [1.29, 1.82) is 0 Å². The van der Waals surface area contributed by atoms with E-state index >= 15 is 0 Å². The number of nitrogens with one attached hydrogen (secondary N) is 1. The van der Waals surface area contributed by atoms with E-state index in [1.807, 2.05) is 32.9 Å². The Balaban J connectivity index is 2.21. The fourth-order valence-corrected chi connectivity index (χ4v) is 2.98. The summed E-state index contributed by atoms with van der Waals surface area (Å²) in [6.07, 6.45) is 0. The van der Waals surface area contributed by atoms with Gasteiger partial charge in [-0.3, -0.25) is 10.1 Å². The molecule has 0 radical (unpaired) electrons. The topological polar surface area (TPSA) is 42.0 Å². The lowest BCUT2D eigenvalue weighted by molar-refractivity contribution is 0.102. The number of thiazole rings is 1. The second-order valence-corrected chi connectivity index (χ2v) is 6.25. The molecule has 0 atom stereocenters. The van der Waals surface area contributed by atoms with Crippen molar-refractivity contribution in [3.8, 4) is 0 Å². The zero-order chi connectivity index (χ0) is 13.3. The van der Waals surface area contributed by atoms with Crippen LogP contribution in [0.15, 0.2) is 22.7 Å². The number of halogens is 1. The lowest BCUT2D eigenvalue weighted by atomic mass is 10.1. The Bertz CT molecular complexity index is 567. The summed E-state index contributed by atoms with van der Waals surface area (Å²) in [4.78, 5) is 17.5. The van der Waals surface area contributed by atoms with Gasteiger partial charge in [0.25, 0.3) is 5.91 Å². The van der Waals surface area contributed by atoms with Gasteiger partial charge < -0.3 is 0 Å². The van der Waals surface area contributed by atoms with Gasteiger partial charge in [-0.05, 0) is 44.5 Å². The highest BCUT2D eigenvalue weighted by atomic mass is 79.9. The summed E-state index contributed by atoms with van der Waals surface area (Å²) in [7, 11) is 0. The van der Waals surface area contributed by atoms with Crippen LogP contribution in [0.5, 0.6) is 0 Å². The van der Waals surface area contributed by atoms with E-state index in [4.69, 9.17) is 0 Å². The normalized spacial score (nSPS) is 10.4. The van der Waals surface area contributed by atoms with Crippen molar-refractivity contribution in [3.05, 3.63) is 44.4 Å². The first-order valence-corrected chi connectivity index (χ1v) is 7.09. The maximum atomic E-state index is 12.1. The lowest BCUT2D eigenvalue weighted by Gasteiger charge is -2.03. The Hall–Kier alpha value is -1.20. The van der Waals surface area contributed by atoms with Crippen molar-refractivity contribution in [2.75, 3.05) is 5.32 Å². The van der Waals surface area contributed by atoms with E-state index in [2.05, 4.69) is 26.2 Å². The predicted octanol–water partition coefficient (Wildman–Crippen LogP) is 4.08. The largest absolute Gasteiger partial charge is 0.298 e. The van der Waals surface area contributed by atoms with Gasteiger partial charge in [-0.25, -0.2) is 4.98 Å². The summed E-state index contributed by atoms with van der Waals surface area (Å²) in [5.74, 6) is -0.131. The Kier molecular flexibility index (Phi) is 3.82. The molecule has 1 aromatic heterocycles. The smallest absolute Gasteiger partial charge is 0.257 e. The van der Waals surface area contributed by atoms with Crippen LogP contribution in [-0.4, -0.2) is 10.9 Å². The Morgan fingerprint density at radius 1 is 1.28 bits per heavy atom. The Morgan fingerprint density at radius 3 is 2.56 bits per heavy atom. The standard InChI is InChI=1S/C13H13BrN2OS/c1-7-4-10(6-11(14)5-7)12(17)16-13-15-8(2)9(3)18-13/h4-6H,1-3H3,(H,15,16,17). The summed E-state index contributed by atoms with van der Waals surface area (Å²) in [6.45, 7) is 5.88. The number of nitrogens with zero attached hydrogens (tertiary/aromatic N) is 1. The molecule has 0 fully saturated rings. The molecule has 0 aliphatic rings. The maximum Gasteiger partial charge on any atom is 0.257 e. The number of hydrogen-bond donors (Lipinski definition) is 1. The number of aryl methyl sites for hydroxylation is 3. The number of anilines is 1. The molecule has 3 nitrogen and oxygen atoms in total. The third kappa shape index (κ3) is 2.97. The number of benzene rings is 1. The molecular weight excluding hydrogens is 312 g/mol. The summed E-state index contributed by atoms with van der Waals surface area (Å²) in [5, 5.41) is 3.47. The van der Waals surface area contributed by atoms with Gasteiger partial charge in [0, 0.05) is 14.9 Å². The molecule has 1 aromatic carbocycles. The number of carbonyl (C=O) groups is 1. The van der Waals surface area contributed by atoms with Crippen molar-refractivity contribution in [1.82, 2.24) is 4.98 Å². The summed E-state index contributed by atoms with van der Waals surface area (Å²) in [5.41, 5.74) is 2.63. The van der Waals surface area contributed by atoms with Crippen molar-refractivity contribution in [2.24, 2.45) is 0 Å². The SMILES string of the molecule is Cc1cc(Br)cc(C(=O)Nc2nc(C)c(C)s2)c1. The van der Waals surface area contributed by atoms with Gasteiger partial charge in [0.15, 0.2) is 5.13 Å². The van der Waals surface area contributed by atoms with Crippen LogP contribution in [0.4, 0.5) is 5.13 Å². The molecule has 0 bridgehead atoms. The molecule has 0 unspecified atom stereocenters. The van der Waals surface area contributed by atoms with Crippen LogP contribution < -0.4 is 5.32 Å². The fraction of sp³-hybridized carbons (Fsp3) is 0.231. The van der Waals surface area contributed by atoms with Crippen LogP contribution in [0.1, 0.15) is 26.5 Å². The van der Waals surface area contributed by atoms with E-state index in [0.717, 1.165) is 20.6 Å². The molecule has 0 spiro atoms. The molecule has 1 N–H and O–H groups in total. The molecule has 94 valence electrons. The van der Waals surface area contributed by atoms with E-state index in [1.54, 1.807) is 6.07 Å². The Labute approximate surface area is 118 Å². The molecule has 2 aromatic rings. The van der Waals surface area contributed by atoms with Crippen LogP contribution in [-0.2, 0) is 0 Å². The monoisotopic (exact) mass is 324 g/mol. The molecule has 2 rings (SSSR count). The molecule has 0 saturated heterocycles. The van der Waals surface area contributed by atoms with Crippen LogP contribution in [0.3, 0.4) is 0 Å². The Morgan fingerprint density at radius 2 is 2.00 bits per heavy atom. The van der Waals surface area contributed by atoms with Gasteiger partial charge in [0.05, 0.1) is 5.69 Å². The van der Waals surface area contributed by atoms with Crippen molar-refractivity contribution in [3.63, 3.8) is 0 Å².